The van der Waals surface area contributed by atoms with E-state index < -0.39 is 28.6 Å². The Balaban J connectivity index is 3.41. The molecule has 1 rings (SSSR count). The van der Waals surface area contributed by atoms with Gasteiger partial charge in [0, 0.05) is 6.20 Å². The zero-order chi connectivity index (χ0) is 10.9. The summed E-state index contributed by atoms with van der Waals surface area (Å²) in [6.07, 6.45) is -2.32. The molecule has 14 heavy (non-hydrogen) atoms. The van der Waals surface area contributed by atoms with Crippen LogP contribution in [0.5, 0.6) is 0 Å². The zero-order valence-electron chi connectivity index (χ0n) is 7.02. The highest BCUT2D eigenvalue weighted by atomic mass is 35.5. The van der Waals surface area contributed by atoms with Crippen LogP contribution in [0.15, 0.2) is 6.20 Å². The van der Waals surface area contributed by atoms with Crippen molar-refractivity contribution < 1.29 is 18.0 Å². The van der Waals surface area contributed by atoms with Crippen LogP contribution in [0, 0.1) is 12.7 Å². The van der Waals surface area contributed by atoms with E-state index in [1.165, 1.54) is 6.92 Å². The smallest absolute Gasteiger partial charge is 0.268 e. The molecule has 0 aliphatic carbocycles. The van der Waals surface area contributed by atoms with Crippen molar-refractivity contribution in [3.8, 4) is 0 Å². The van der Waals surface area contributed by atoms with Gasteiger partial charge in [-0.05, 0) is 18.5 Å². The number of carbonyl (C=O) groups is 1. The summed E-state index contributed by atoms with van der Waals surface area (Å²) in [4.78, 5) is 14.2. The van der Waals surface area contributed by atoms with Gasteiger partial charge in [-0.15, -0.1) is 0 Å². The van der Waals surface area contributed by atoms with Crippen molar-refractivity contribution in [3.05, 3.63) is 28.8 Å². The number of aryl methyl sites for hydroxylation is 1. The van der Waals surface area contributed by atoms with Crippen LogP contribution < -0.4 is 0 Å². The van der Waals surface area contributed by atoms with Gasteiger partial charge in [0.2, 0.25) is 0 Å². The molecule has 0 spiro atoms. The standard InChI is InChI=1S/C8H5ClF3NO/c1-3-5(7(9)14)6(10)4(2-13-3)8(11)12/h2,8H,1H3. The Bertz CT molecular complexity index is 381. The van der Waals surface area contributed by atoms with Crippen molar-refractivity contribution in [2.45, 2.75) is 13.3 Å². The van der Waals surface area contributed by atoms with Crippen LogP contribution in [0.3, 0.4) is 0 Å². The molecular formula is C8H5ClF3NO. The number of hydrogen-bond donors (Lipinski definition) is 0. The monoisotopic (exact) mass is 223 g/mol. The van der Waals surface area contributed by atoms with Crippen molar-refractivity contribution in [3.63, 3.8) is 0 Å². The van der Waals surface area contributed by atoms with Crippen molar-refractivity contribution in [1.82, 2.24) is 4.98 Å². The van der Waals surface area contributed by atoms with E-state index in [2.05, 4.69) is 4.98 Å². The average Bonchev–Trinajstić information content (AvgIpc) is 2.02. The van der Waals surface area contributed by atoms with E-state index in [1.54, 1.807) is 0 Å². The van der Waals surface area contributed by atoms with Crippen LogP contribution in [0.2, 0.25) is 0 Å². The Labute approximate surface area is 82.7 Å². The second-order valence-corrected chi connectivity index (χ2v) is 2.91. The summed E-state index contributed by atoms with van der Waals surface area (Å²) >= 11 is 5.03. The number of halogens is 4. The van der Waals surface area contributed by atoms with Gasteiger partial charge in [-0.2, -0.15) is 0 Å². The second-order valence-electron chi connectivity index (χ2n) is 2.56. The van der Waals surface area contributed by atoms with Gasteiger partial charge < -0.3 is 0 Å². The van der Waals surface area contributed by atoms with Crippen molar-refractivity contribution in [1.29, 1.82) is 0 Å². The molecule has 0 atom stereocenters. The number of hydrogen-bond acceptors (Lipinski definition) is 2. The average molecular weight is 224 g/mol. The number of nitrogens with zero attached hydrogens (tertiary/aromatic N) is 1. The number of rotatable bonds is 2. The van der Waals surface area contributed by atoms with Gasteiger partial charge in [-0.1, -0.05) is 0 Å². The molecule has 0 fully saturated rings. The molecular weight excluding hydrogens is 219 g/mol. The Kier molecular flexibility index (Phi) is 3.10. The van der Waals surface area contributed by atoms with E-state index >= 15 is 0 Å². The molecule has 6 heteroatoms. The topological polar surface area (TPSA) is 30.0 Å². The summed E-state index contributed by atoms with van der Waals surface area (Å²) in [5.41, 5.74) is -1.52. The third-order valence-electron chi connectivity index (χ3n) is 1.66. The van der Waals surface area contributed by atoms with E-state index in [9.17, 15) is 18.0 Å². The lowest BCUT2D eigenvalue weighted by Crippen LogP contribution is -2.05. The van der Waals surface area contributed by atoms with Crippen molar-refractivity contribution in [2.75, 3.05) is 0 Å². The molecule has 1 heterocycles. The van der Waals surface area contributed by atoms with Crippen LogP contribution in [0.4, 0.5) is 13.2 Å². The Morgan fingerprint density at radius 2 is 2.14 bits per heavy atom. The molecule has 0 aliphatic rings. The summed E-state index contributed by atoms with van der Waals surface area (Å²) in [7, 11) is 0. The molecule has 0 saturated heterocycles. The fourth-order valence-electron chi connectivity index (χ4n) is 0.971. The predicted molar refractivity (Wildman–Crippen MR) is 44.1 cm³/mol. The van der Waals surface area contributed by atoms with E-state index in [0.29, 0.717) is 6.20 Å². The first kappa shape index (κ1) is 11.0. The Morgan fingerprint density at radius 3 is 2.57 bits per heavy atom. The molecule has 0 saturated carbocycles. The predicted octanol–water partition coefficient (Wildman–Crippen LogP) is 2.85. The van der Waals surface area contributed by atoms with Gasteiger partial charge in [-0.3, -0.25) is 9.78 Å². The summed E-state index contributed by atoms with van der Waals surface area (Å²) in [6, 6.07) is 0. The Hall–Kier alpha value is -1.10. The van der Waals surface area contributed by atoms with Gasteiger partial charge >= 0.3 is 0 Å². The SMILES string of the molecule is Cc1ncc(C(F)F)c(F)c1C(=O)Cl. The third kappa shape index (κ3) is 1.87. The maximum absolute atomic E-state index is 13.2. The molecule has 76 valence electrons. The minimum Gasteiger partial charge on any atom is -0.275 e. The highest BCUT2D eigenvalue weighted by Gasteiger charge is 2.22. The van der Waals surface area contributed by atoms with Crippen LogP contribution in [0.25, 0.3) is 0 Å². The first-order valence-electron chi connectivity index (χ1n) is 3.58. The first-order chi connectivity index (χ1) is 6.45. The van der Waals surface area contributed by atoms with E-state index in [4.69, 9.17) is 11.6 Å². The molecule has 0 aliphatic heterocycles. The molecule has 0 bridgehead atoms. The summed E-state index contributed by atoms with van der Waals surface area (Å²) in [5, 5.41) is -1.13. The van der Waals surface area contributed by atoms with Gasteiger partial charge in [0.25, 0.3) is 11.7 Å². The molecule has 0 radical (unpaired) electrons. The molecule has 0 aromatic carbocycles. The quantitative estimate of drug-likeness (QED) is 0.722. The van der Waals surface area contributed by atoms with Crippen LogP contribution in [-0.2, 0) is 0 Å². The normalized spacial score (nSPS) is 10.7. The summed E-state index contributed by atoms with van der Waals surface area (Å²) in [6.45, 7) is 1.31. The Morgan fingerprint density at radius 1 is 1.57 bits per heavy atom. The maximum atomic E-state index is 13.2. The molecule has 2 nitrogen and oxygen atoms in total. The highest BCUT2D eigenvalue weighted by Crippen LogP contribution is 2.25. The van der Waals surface area contributed by atoms with Gasteiger partial charge in [0.05, 0.1) is 16.8 Å². The van der Waals surface area contributed by atoms with Gasteiger partial charge in [-0.25, -0.2) is 13.2 Å². The first-order valence-corrected chi connectivity index (χ1v) is 3.96. The highest BCUT2D eigenvalue weighted by molar-refractivity contribution is 6.67. The minimum atomic E-state index is -3.02. The third-order valence-corrected chi connectivity index (χ3v) is 1.85. The largest absolute Gasteiger partial charge is 0.275 e. The zero-order valence-corrected chi connectivity index (χ0v) is 7.78. The summed E-state index contributed by atoms with van der Waals surface area (Å²) in [5.74, 6) is -1.30. The van der Waals surface area contributed by atoms with Crippen LogP contribution in [-0.4, -0.2) is 10.2 Å². The van der Waals surface area contributed by atoms with Crippen molar-refractivity contribution >= 4 is 16.8 Å². The minimum absolute atomic E-state index is 0.00750. The molecule has 1 aromatic rings. The second kappa shape index (κ2) is 3.96. The molecule has 1 aromatic heterocycles. The lowest BCUT2D eigenvalue weighted by molar-refractivity contribution is 0.107. The maximum Gasteiger partial charge on any atom is 0.268 e. The van der Waals surface area contributed by atoms with E-state index in [-0.39, 0.29) is 5.69 Å². The van der Waals surface area contributed by atoms with Gasteiger partial charge in [0.1, 0.15) is 5.82 Å². The molecule has 0 unspecified atom stereocenters. The lowest BCUT2D eigenvalue weighted by atomic mass is 10.1. The number of alkyl halides is 2. The lowest BCUT2D eigenvalue weighted by Gasteiger charge is -2.06. The summed E-state index contributed by atoms with van der Waals surface area (Å²) < 4.78 is 37.5. The number of aromatic nitrogens is 1. The van der Waals surface area contributed by atoms with Gasteiger partial charge in [0.15, 0.2) is 0 Å². The van der Waals surface area contributed by atoms with Crippen LogP contribution >= 0.6 is 11.6 Å². The molecule has 0 amide bonds. The number of carbonyl (C=O) groups excluding carboxylic acids is 1. The van der Waals surface area contributed by atoms with E-state index in [1.807, 2.05) is 0 Å². The fourth-order valence-corrected chi connectivity index (χ4v) is 1.19. The number of pyridine rings is 1. The fraction of sp³-hybridized carbons (Fsp3) is 0.250. The van der Waals surface area contributed by atoms with Crippen LogP contribution in [0.1, 0.15) is 28.0 Å². The van der Waals surface area contributed by atoms with E-state index in [0.717, 1.165) is 0 Å². The van der Waals surface area contributed by atoms with Crippen molar-refractivity contribution in [2.24, 2.45) is 0 Å². The molecule has 0 N–H and O–H groups in total.